The van der Waals surface area contributed by atoms with Gasteiger partial charge in [0, 0.05) is 18.5 Å². The first-order chi connectivity index (χ1) is 8.72. The van der Waals surface area contributed by atoms with Crippen LogP contribution in [0.15, 0.2) is 30.3 Å². The van der Waals surface area contributed by atoms with E-state index in [2.05, 4.69) is 36.1 Å². The van der Waals surface area contributed by atoms with Crippen molar-refractivity contribution < 1.29 is 0 Å². The normalized spacial score (nSPS) is 21.9. The van der Waals surface area contributed by atoms with Crippen molar-refractivity contribution in [1.29, 1.82) is 5.41 Å². The maximum Gasteiger partial charge on any atom is 0.0924 e. The molecule has 2 unspecified atom stereocenters. The molecule has 1 saturated heterocycles. The second-order valence-corrected chi connectivity index (χ2v) is 5.10. The number of hydrogen-bond acceptors (Lipinski definition) is 2. The van der Waals surface area contributed by atoms with Crippen LogP contribution in [0.4, 0.5) is 0 Å². The van der Waals surface area contributed by atoms with Crippen molar-refractivity contribution in [2.75, 3.05) is 6.54 Å². The number of amidine groups is 1. The van der Waals surface area contributed by atoms with Crippen molar-refractivity contribution in [3.8, 4) is 0 Å². The number of rotatable bonds is 5. The van der Waals surface area contributed by atoms with Crippen LogP contribution in [-0.4, -0.2) is 23.3 Å². The van der Waals surface area contributed by atoms with E-state index in [9.17, 15) is 0 Å². The van der Waals surface area contributed by atoms with Crippen LogP contribution in [-0.2, 0) is 0 Å². The lowest BCUT2D eigenvalue weighted by Gasteiger charge is -2.33. The summed E-state index contributed by atoms with van der Waals surface area (Å²) in [6, 6.07) is 11.4. The van der Waals surface area contributed by atoms with E-state index in [1.807, 2.05) is 6.07 Å². The van der Waals surface area contributed by atoms with Crippen molar-refractivity contribution in [2.45, 2.75) is 44.7 Å². The van der Waals surface area contributed by atoms with E-state index in [-0.39, 0.29) is 11.9 Å². The summed E-state index contributed by atoms with van der Waals surface area (Å²) in [6.07, 6.45) is 4.36. The lowest BCUT2D eigenvalue weighted by atomic mass is 10.00. The van der Waals surface area contributed by atoms with Crippen molar-refractivity contribution in [2.24, 2.45) is 5.73 Å². The average Bonchev–Trinajstić information content (AvgIpc) is 2.85. The summed E-state index contributed by atoms with van der Waals surface area (Å²) >= 11 is 0. The molecule has 0 amide bonds. The summed E-state index contributed by atoms with van der Waals surface area (Å²) in [5, 5.41) is 7.61. The number of likely N-dealkylation sites (tertiary alicyclic amines) is 1. The quantitative estimate of drug-likeness (QED) is 0.619. The van der Waals surface area contributed by atoms with Gasteiger partial charge in [-0.1, -0.05) is 37.3 Å². The Labute approximate surface area is 109 Å². The Morgan fingerprint density at radius 1 is 1.44 bits per heavy atom. The molecule has 0 aromatic heterocycles. The maximum absolute atomic E-state index is 7.61. The monoisotopic (exact) mass is 245 g/mol. The van der Waals surface area contributed by atoms with Crippen LogP contribution >= 0.6 is 0 Å². The molecule has 1 aromatic carbocycles. The molecule has 3 N–H and O–H groups in total. The topological polar surface area (TPSA) is 53.1 Å². The van der Waals surface area contributed by atoms with Gasteiger partial charge in [0.2, 0.25) is 0 Å². The molecule has 18 heavy (non-hydrogen) atoms. The molecule has 98 valence electrons. The first-order valence-electron chi connectivity index (χ1n) is 6.86. The summed E-state index contributed by atoms with van der Waals surface area (Å²) in [4.78, 5) is 2.54. The van der Waals surface area contributed by atoms with Crippen LogP contribution in [0.2, 0.25) is 0 Å². The largest absolute Gasteiger partial charge is 0.388 e. The molecule has 1 aromatic rings. The minimum absolute atomic E-state index is 0.274. The van der Waals surface area contributed by atoms with E-state index in [4.69, 9.17) is 11.1 Å². The second-order valence-electron chi connectivity index (χ2n) is 5.10. The van der Waals surface area contributed by atoms with E-state index in [0.29, 0.717) is 12.5 Å². The molecule has 1 fully saturated rings. The summed E-state index contributed by atoms with van der Waals surface area (Å²) < 4.78 is 0. The third-order valence-corrected chi connectivity index (χ3v) is 3.89. The summed E-state index contributed by atoms with van der Waals surface area (Å²) in [7, 11) is 0. The highest BCUT2D eigenvalue weighted by Crippen LogP contribution is 2.32. The number of nitrogens with one attached hydrogen (secondary N) is 1. The Balaban J connectivity index is 2.22. The summed E-state index contributed by atoms with van der Waals surface area (Å²) in [5.74, 6) is 0.283. The first kappa shape index (κ1) is 13.1. The van der Waals surface area contributed by atoms with Gasteiger partial charge in [0.25, 0.3) is 0 Å². The minimum atomic E-state index is 0.274. The molecular weight excluding hydrogens is 222 g/mol. The summed E-state index contributed by atoms with van der Waals surface area (Å²) in [6.45, 7) is 3.38. The number of nitrogens with two attached hydrogens (primary N) is 1. The van der Waals surface area contributed by atoms with Crippen LogP contribution < -0.4 is 5.73 Å². The maximum atomic E-state index is 7.61. The van der Waals surface area contributed by atoms with Crippen molar-refractivity contribution in [3.63, 3.8) is 0 Å². The molecule has 1 aliphatic heterocycles. The predicted octanol–water partition coefficient (Wildman–Crippen LogP) is 2.93. The van der Waals surface area contributed by atoms with Crippen molar-refractivity contribution in [3.05, 3.63) is 35.9 Å². The molecule has 1 aliphatic rings. The number of nitrogens with zero attached hydrogens (tertiary/aromatic N) is 1. The fourth-order valence-electron chi connectivity index (χ4n) is 3.02. The Bertz CT molecular complexity index is 388. The first-order valence-corrected chi connectivity index (χ1v) is 6.86. The molecule has 2 atom stereocenters. The third-order valence-electron chi connectivity index (χ3n) is 3.89. The fraction of sp³-hybridized carbons (Fsp3) is 0.533. The molecule has 2 rings (SSSR count). The van der Waals surface area contributed by atoms with Gasteiger partial charge in [0.15, 0.2) is 0 Å². The summed E-state index contributed by atoms with van der Waals surface area (Å²) in [5.41, 5.74) is 6.93. The minimum Gasteiger partial charge on any atom is -0.388 e. The van der Waals surface area contributed by atoms with Gasteiger partial charge in [-0.05, 0) is 31.4 Å². The van der Waals surface area contributed by atoms with Gasteiger partial charge in [-0.15, -0.1) is 0 Å². The van der Waals surface area contributed by atoms with Gasteiger partial charge in [-0.3, -0.25) is 10.3 Å². The molecule has 0 spiro atoms. The lowest BCUT2D eigenvalue weighted by Crippen LogP contribution is -2.35. The van der Waals surface area contributed by atoms with Gasteiger partial charge in [0.05, 0.1) is 5.84 Å². The van der Waals surface area contributed by atoms with Crippen LogP contribution in [0.1, 0.15) is 44.2 Å². The van der Waals surface area contributed by atoms with Gasteiger partial charge in [-0.25, -0.2) is 0 Å². The Morgan fingerprint density at radius 3 is 2.78 bits per heavy atom. The van der Waals surface area contributed by atoms with Crippen LogP contribution in [0.5, 0.6) is 0 Å². The Hall–Kier alpha value is -1.35. The van der Waals surface area contributed by atoms with E-state index >= 15 is 0 Å². The van der Waals surface area contributed by atoms with E-state index in [0.717, 1.165) is 6.54 Å². The highest BCUT2D eigenvalue weighted by atomic mass is 15.2. The standard InChI is InChI=1S/C15H23N3/c1-2-13-9-6-10-18(13)14(11-15(16)17)12-7-4-3-5-8-12/h3-5,7-8,13-14H,2,6,9-11H2,1H3,(H3,16,17). The van der Waals surface area contributed by atoms with E-state index < -0.39 is 0 Å². The Morgan fingerprint density at radius 2 is 2.17 bits per heavy atom. The molecule has 0 bridgehead atoms. The van der Waals surface area contributed by atoms with E-state index in [1.54, 1.807) is 0 Å². The third kappa shape index (κ3) is 2.91. The molecule has 3 heteroatoms. The molecule has 0 saturated carbocycles. The van der Waals surface area contributed by atoms with Crippen LogP contribution in [0.25, 0.3) is 0 Å². The number of hydrogen-bond donors (Lipinski definition) is 2. The second kappa shape index (κ2) is 6.01. The van der Waals surface area contributed by atoms with Gasteiger partial charge in [-0.2, -0.15) is 0 Å². The van der Waals surface area contributed by atoms with Gasteiger partial charge < -0.3 is 5.73 Å². The van der Waals surface area contributed by atoms with Crippen molar-refractivity contribution in [1.82, 2.24) is 4.90 Å². The van der Waals surface area contributed by atoms with Crippen LogP contribution in [0, 0.1) is 5.41 Å². The zero-order chi connectivity index (χ0) is 13.0. The van der Waals surface area contributed by atoms with Gasteiger partial charge in [0.1, 0.15) is 0 Å². The zero-order valence-electron chi connectivity index (χ0n) is 11.1. The number of benzene rings is 1. The van der Waals surface area contributed by atoms with Gasteiger partial charge >= 0.3 is 0 Å². The predicted molar refractivity (Wildman–Crippen MR) is 75.7 cm³/mol. The Kier molecular flexibility index (Phi) is 4.37. The SMILES string of the molecule is CCC1CCCN1C(CC(=N)N)c1ccccc1. The zero-order valence-corrected chi connectivity index (χ0v) is 11.1. The van der Waals surface area contributed by atoms with Crippen molar-refractivity contribution >= 4 is 5.84 Å². The van der Waals surface area contributed by atoms with E-state index in [1.165, 1.54) is 24.8 Å². The molecule has 0 aliphatic carbocycles. The highest BCUT2D eigenvalue weighted by molar-refractivity contribution is 5.77. The fourth-order valence-corrected chi connectivity index (χ4v) is 3.02. The molecule has 0 radical (unpaired) electrons. The average molecular weight is 245 g/mol. The lowest BCUT2D eigenvalue weighted by molar-refractivity contribution is 0.179. The molecule has 1 heterocycles. The van der Waals surface area contributed by atoms with Crippen LogP contribution in [0.3, 0.4) is 0 Å². The smallest absolute Gasteiger partial charge is 0.0924 e. The molecular formula is C15H23N3. The highest BCUT2D eigenvalue weighted by Gasteiger charge is 2.30. The molecule has 3 nitrogen and oxygen atoms in total.